The molecule has 12 heteroatoms. The standard InChI is InChI=1S/C15H5ClF6N4O/c16-9-2-5(14(17,18)19)1-8(15(20,21)22)11(9)10-6(3-23)12(25)26-13(27)7(10)4-24/h1-2H,(H3,25,26,27). The van der Waals surface area contributed by atoms with Crippen LogP contribution < -0.4 is 11.3 Å². The summed E-state index contributed by atoms with van der Waals surface area (Å²) >= 11 is 5.67. The maximum absolute atomic E-state index is 13.4. The summed E-state index contributed by atoms with van der Waals surface area (Å²) < 4.78 is 79.0. The van der Waals surface area contributed by atoms with Crippen LogP contribution in [0.4, 0.5) is 32.2 Å². The number of hydrogen-bond donors (Lipinski definition) is 2. The number of pyridine rings is 1. The van der Waals surface area contributed by atoms with E-state index in [1.165, 1.54) is 12.1 Å². The van der Waals surface area contributed by atoms with Gasteiger partial charge in [-0.1, -0.05) is 11.6 Å². The monoisotopic (exact) mass is 406 g/mol. The molecule has 1 aromatic carbocycles. The number of hydrogen-bond acceptors (Lipinski definition) is 4. The Morgan fingerprint density at radius 2 is 1.52 bits per heavy atom. The highest BCUT2D eigenvalue weighted by atomic mass is 35.5. The number of alkyl halides is 6. The van der Waals surface area contributed by atoms with Gasteiger partial charge in [-0.15, -0.1) is 0 Å². The number of aromatic nitrogens is 1. The van der Waals surface area contributed by atoms with Gasteiger partial charge < -0.3 is 10.7 Å². The summed E-state index contributed by atoms with van der Waals surface area (Å²) in [7, 11) is 0. The van der Waals surface area contributed by atoms with Crippen molar-refractivity contribution in [1.29, 1.82) is 10.5 Å². The van der Waals surface area contributed by atoms with Crippen LogP contribution in [0.2, 0.25) is 5.02 Å². The van der Waals surface area contributed by atoms with Gasteiger partial charge in [-0.25, -0.2) is 0 Å². The maximum Gasteiger partial charge on any atom is 0.417 e. The molecule has 5 nitrogen and oxygen atoms in total. The van der Waals surface area contributed by atoms with Crippen molar-refractivity contribution in [2.75, 3.05) is 5.73 Å². The number of nitrogens with one attached hydrogen (secondary N) is 1. The van der Waals surface area contributed by atoms with Crippen LogP contribution in [0.15, 0.2) is 16.9 Å². The summed E-state index contributed by atoms with van der Waals surface area (Å²) in [5.41, 5.74) is -3.10. The Balaban J connectivity index is 3.13. The zero-order chi connectivity index (χ0) is 20.7. The molecule has 0 radical (unpaired) electrons. The molecule has 0 bridgehead atoms. The largest absolute Gasteiger partial charge is 0.417 e. The van der Waals surface area contributed by atoms with Crippen molar-refractivity contribution in [1.82, 2.24) is 4.98 Å². The third-order valence-corrected chi connectivity index (χ3v) is 3.74. The summed E-state index contributed by atoms with van der Waals surface area (Å²) in [4.78, 5) is 13.8. The molecule has 0 saturated carbocycles. The van der Waals surface area contributed by atoms with Gasteiger partial charge in [0.05, 0.1) is 11.1 Å². The second-order valence-corrected chi connectivity index (χ2v) is 5.50. The fourth-order valence-corrected chi connectivity index (χ4v) is 2.66. The van der Waals surface area contributed by atoms with E-state index in [2.05, 4.69) is 0 Å². The summed E-state index contributed by atoms with van der Waals surface area (Å²) in [6, 6.07) is 2.72. The third-order valence-electron chi connectivity index (χ3n) is 3.44. The van der Waals surface area contributed by atoms with Gasteiger partial charge in [-0.3, -0.25) is 4.79 Å². The molecule has 1 heterocycles. The number of nitrogens with two attached hydrogens (primary N) is 1. The van der Waals surface area contributed by atoms with Crippen LogP contribution in [0.5, 0.6) is 0 Å². The first kappa shape index (κ1) is 20.1. The predicted molar refractivity (Wildman–Crippen MR) is 81.4 cm³/mol. The lowest BCUT2D eigenvalue weighted by molar-refractivity contribution is -0.142. The van der Waals surface area contributed by atoms with Crippen molar-refractivity contribution in [2.45, 2.75) is 12.4 Å². The molecule has 0 unspecified atom stereocenters. The van der Waals surface area contributed by atoms with E-state index < -0.39 is 62.1 Å². The van der Waals surface area contributed by atoms with Gasteiger partial charge in [-0.05, 0) is 12.1 Å². The Hall–Kier alpha value is -3.18. The smallest absolute Gasteiger partial charge is 0.384 e. The van der Waals surface area contributed by atoms with E-state index in [0.29, 0.717) is 0 Å². The molecule has 0 atom stereocenters. The molecule has 0 spiro atoms. The predicted octanol–water partition coefficient (Wildman–Crippen LogP) is 4.06. The SMILES string of the molecule is N#Cc1c(N)[nH]c(=O)c(C#N)c1-c1c(Cl)cc(C(F)(F)F)cc1C(F)(F)F. The molecule has 0 fully saturated rings. The minimum atomic E-state index is -5.35. The van der Waals surface area contributed by atoms with Crippen molar-refractivity contribution in [3.63, 3.8) is 0 Å². The van der Waals surface area contributed by atoms with E-state index in [9.17, 15) is 36.4 Å². The number of nitrogens with zero attached hydrogens (tertiary/aromatic N) is 2. The summed E-state index contributed by atoms with van der Waals surface area (Å²) in [5, 5.41) is 17.2. The molecule has 0 aliphatic heterocycles. The van der Waals surface area contributed by atoms with Crippen molar-refractivity contribution >= 4 is 17.4 Å². The molecule has 140 valence electrons. The molecule has 0 saturated heterocycles. The first-order chi connectivity index (χ1) is 12.3. The second kappa shape index (κ2) is 6.52. The van der Waals surface area contributed by atoms with Gasteiger partial charge in [0.25, 0.3) is 5.56 Å². The number of nitrogen functional groups attached to an aromatic ring is 1. The first-order valence-corrected chi connectivity index (χ1v) is 7.05. The molecular formula is C15H5ClF6N4O. The van der Waals surface area contributed by atoms with Crippen LogP contribution in [-0.2, 0) is 12.4 Å². The van der Waals surface area contributed by atoms with Crippen LogP contribution in [-0.4, -0.2) is 4.98 Å². The van der Waals surface area contributed by atoms with Gasteiger partial charge >= 0.3 is 12.4 Å². The van der Waals surface area contributed by atoms with E-state index in [-0.39, 0.29) is 12.1 Å². The van der Waals surface area contributed by atoms with Crippen molar-refractivity contribution in [3.8, 4) is 23.3 Å². The number of aromatic amines is 1. The van der Waals surface area contributed by atoms with Crippen molar-refractivity contribution in [2.24, 2.45) is 0 Å². The summed E-state index contributed by atoms with van der Waals surface area (Å²) in [6.45, 7) is 0. The van der Waals surface area contributed by atoms with E-state index in [4.69, 9.17) is 22.6 Å². The number of halogens is 7. The van der Waals surface area contributed by atoms with Gasteiger partial charge in [0.2, 0.25) is 0 Å². The van der Waals surface area contributed by atoms with Crippen LogP contribution >= 0.6 is 11.6 Å². The number of anilines is 1. The van der Waals surface area contributed by atoms with Gasteiger partial charge in [0.15, 0.2) is 0 Å². The highest BCUT2D eigenvalue weighted by Crippen LogP contribution is 2.46. The number of rotatable bonds is 1. The molecule has 1 aromatic heterocycles. The number of nitriles is 2. The molecule has 2 aromatic rings. The van der Waals surface area contributed by atoms with Gasteiger partial charge in [0.1, 0.15) is 29.1 Å². The first-order valence-electron chi connectivity index (χ1n) is 6.67. The Bertz CT molecular complexity index is 1070. The van der Waals surface area contributed by atoms with Gasteiger partial charge in [-0.2, -0.15) is 36.9 Å². The highest BCUT2D eigenvalue weighted by molar-refractivity contribution is 6.33. The Kier molecular flexibility index (Phi) is 4.86. The molecule has 2 rings (SSSR count). The summed E-state index contributed by atoms with van der Waals surface area (Å²) in [5.74, 6) is -0.666. The fraction of sp³-hybridized carbons (Fsp3) is 0.133. The molecule has 27 heavy (non-hydrogen) atoms. The maximum atomic E-state index is 13.4. The van der Waals surface area contributed by atoms with Crippen molar-refractivity contribution in [3.05, 3.63) is 49.8 Å². The van der Waals surface area contributed by atoms with Crippen molar-refractivity contribution < 1.29 is 26.3 Å². The molecule has 0 amide bonds. The second-order valence-electron chi connectivity index (χ2n) is 5.09. The lowest BCUT2D eigenvalue weighted by atomic mass is 9.91. The number of benzene rings is 1. The van der Waals surface area contributed by atoms with Gasteiger partial charge in [0, 0.05) is 16.1 Å². The third kappa shape index (κ3) is 3.55. The minimum absolute atomic E-state index is 0.200. The van der Waals surface area contributed by atoms with E-state index in [0.717, 1.165) is 0 Å². The minimum Gasteiger partial charge on any atom is -0.384 e. The van der Waals surface area contributed by atoms with Crippen LogP contribution in [0.1, 0.15) is 22.3 Å². The van der Waals surface area contributed by atoms with Crippen LogP contribution in [0.3, 0.4) is 0 Å². The van der Waals surface area contributed by atoms with E-state index in [1.54, 1.807) is 0 Å². The topological polar surface area (TPSA) is 106 Å². The average molecular weight is 407 g/mol. The zero-order valence-corrected chi connectivity index (χ0v) is 13.4. The average Bonchev–Trinajstić information content (AvgIpc) is 2.52. The highest BCUT2D eigenvalue weighted by Gasteiger charge is 2.41. The Morgan fingerprint density at radius 1 is 0.963 bits per heavy atom. The lowest BCUT2D eigenvalue weighted by Crippen LogP contribution is -2.19. The molecule has 3 N–H and O–H groups in total. The fourth-order valence-electron chi connectivity index (χ4n) is 2.34. The summed E-state index contributed by atoms with van der Waals surface area (Å²) in [6.07, 6.45) is -10.5. The zero-order valence-electron chi connectivity index (χ0n) is 12.7. The lowest BCUT2D eigenvalue weighted by Gasteiger charge is -2.19. The normalized spacial score (nSPS) is 11.7. The quantitative estimate of drug-likeness (QED) is 0.696. The molecule has 0 aliphatic rings. The van der Waals surface area contributed by atoms with E-state index >= 15 is 0 Å². The Morgan fingerprint density at radius 3 is 1.96 bits per heavy atom. The molecule has 0 aliphatic carbocycles. The number of H-pyrrole nitrogens is 1. The van der Waals surface area contributed by atoms with E-state index in [1.807, 2.05) is 4.98 Å². The molecular weight excluding hydrogens is 402 g/mol. The van der Waals surface area contributed by atoms with Crippen LogP contribution in [0, 0.1) is 22.7 Å². The van der Waals surface area contributed by atoms with Crippen LogP contribution in [0.25, 0.3) is 11.1 Å². The Labute approximate surface area is 151 Å².